The summed E-state index contributed by atoms with van der Waals surface area (Å²) in [5, 5.41) is 9.54. The number of carbonyl (C=O) groups excluding carboxylic acids is 1. The number of aliphatic carboxylic acids is 1. The Balaban J connectivity index is 0. The molecule has 36 valence electrons. The van der Waals surface area contributed by atoms with Gasteiger partial charge in [-0.2, -0.15) is 0 Å². The van der Waals surface area contributed by atoms with Crippen molar-refractivity contribution in [2.75, 3.05) is 0 Å². The summed E-state index contributed by atoms with van der Waals surface area (Å²) in [6.45, 7) is 1.50. The summed E-state index contributed by atoms with van der Waals surface area (Å²) < 4.78 is 0. The standard InChI is InChI=1S/C3H5BrO2.Na/c1-2(4)3(5)6;/h2H,1H3,(H,5,6);/q;+1/p-1/t2-;/m1./s1. The van der Waals surface area contributed by atoms with Gasteiger partial charge >= 0.3 is 29.6 Å². The molecule has 0 aliphatic carbocycles. The number of carboxylic acids is 1. The van der Waals surface area contributed by atoms with Crippen molar-refractivity contribution in [3.05, 3.63) is 0 Å². The van der Waals surface area contributed by atoms with Gasteiger partial charge < -0.3 is 9.90 Å². The van der Waals surface area contributed by atoms with Crippen molar-refractivity contribution < 1.29 is 39.5 Å². The number of hydrogen-bond acceptors (Lipinski definition) is 2. The van der Waals surface area contributed by atoms with Crippen LogP contribution in [0, 0.1) is 0 Å². The SMILES string of the molecule is C[C@@H](Br)C(=O)[O-].[Na+]. The van der Waals surface area contributed by atoms with Gasteiger partial charge in [0.1, 0.15) is 0 Å². The van der Waals surface area contributed by atoms with Crippen molar-refractivity contribution in [3.8, 4) is 0 Å². The van der Waals surface area contributed by atoms with Crippen LogP contribution in [0.5, 0.6) is 0 Å². The minimum absolute atomic E-state index is 0. The Morgan fingerprint density at radius 1 is 1.86 bits per heavy atom. The van der Waals surface area contributed by atoms with Crippen molar-refractivity contribution >= 4 is 21.9 Å². The predicted octanol–water partition coefficient (Wildman–Crippen LogP) is -3.48. The molecule has 0 aromatic heterocycles. The Kier molecular flexibility index (Phi) is 7.89. The summed E-state index contributed by atoms with van der Waals surface area (Å²) in [4.78, 5) is 9.01. The van der Waals surface area contributed by atoms with E-state index in [0.717, 1.165) is 0 Å². The molecule has 0 aromatic carbocycles. The van der Waals surface area contributed by atoms with E-state index in [0.29, 0.717) is 0 Å². The molecule has 0 rings (SSSR count). The van der Waals surface area contributed by atoms with Gasteiger partial charge in [-0.05, 0) is 6.92 Å². The molecule has 2 nitrogen and oxygen atoms in total. The molecule has 0 fully saturated rings. The molecule has 0 radical (unpaired) electrons. The Morgan fingerprint density at radius 3 is 2.00 bits per heavy atom. The van der Waals surface area contributed by atoms with Crippen LogP contribution < -0.4 is 34.7 Å². The van der Waals surface area contributed by atoms with E-state index < -0.39 is 10.8 Å². The molecular formula is C3H4BrNaO2. The van der Waals surface area contributed by atoms with Crippen LogP contribution in [0.25, 0.3) is 0 Å². The molecule has 0 aromatic rings. The zero-order chi connectivity index (χ0) is 5.15. The van der Waals surface area contributed by atoms with Gasteiger partial charge in [-0.25, -0.2) is 0 Å². The van der Waals surface area contributed by atoms with Crippen molar-refractivity contribution in [1.29, 1.82) is 0 Å². The average Bonchev–Trinajstić information content (AvgIpc) is 1.36. The molecule has 0 unspecified atom stereocenters. The molecule has 0 heterocycles. The second-order valence-electron chi connectivity index (χ2n) is 0.935. The van der Waals surface area contributed by atoms with Crippen LogP contribution in [0.2, 0.25) is 0 Å². The van der Waals surface area contributed by atoms with Gasteiger partial charge in [0, 0.05) is 0 Å². The molecular weight excluding hydrogens is 171 g/mol. The van der Waals surface area contributed by atoms with Crippen molar-refractivity contribution in [2.24, 2.45) is 0 Å². The fraction of sp³-hybridized carbons (Fsp3) is 0.667. The molecule has 4 heteroatoms. The fourth-order valence-corrected chi connectivity index (χ4v) is 0. The van der Waals surface area contributed by atoms with Crippen molar-refractivity contribution in [2.45, 2.75) is 11.8 Å². The zero-order valence-electron chi connectivity index (χ0n) is 4.27. The first-order chi connectivity index (χ1) is 2.64. The second-order valence-corrected chi connectivity index (χ2v) is 2.31. The molecule has 0 saturated carbocycles. The molecule has 0 amide bonds. The first kappa shape index (κ1) is 10.8. The van der Waals surface area contributed by atoms with Crippen LogP contribution in [-0.2, 0) is 4.79 Å². The van der Waals surface area contributed by atoms with E-state index in [4.69, 9.17) is 0 Å². The van der Waals surface area contributed by atoms with E-state index in [1.54, 1.807) is 0 Å². The largest absolute Gasteiger partial charge is 1.00 e. The minimum atomic E-state index is -1.07. The van der Waals surface area contributed by atoms with E-state index in [9.17, 15) is 9.90 Å². The van der Waals surface area contributed by atoms with Gasteiger partial charge in [0.05, 0.1) is 10.8 Å². The van der Waals surface area contributed by atoms with Crippen LogP contribution >= 0.6 is 15.9 Å². The first-order valence-electron chi connectivity index (χ1n) is 1.49. The summed E-state index contributed by atoms with van der Waals surface area (Å²) in [7, 11) is 0. The fourth-order valence-electron chi connectivity index (χ4n) is 0. The van der Waals surface area contributed by atoms with Gasteiger partial charge in [-0.15, -0.1) is 0 Å². The molecule has 0 bridgehead atoms. The normalized spacial score (nSPS) is 11.7. The summed E-state index contributed by atoms with van der Waals surface area (Å²) >= 11 is 2.78. The van der Waals surface area contributed by atoms with Crippen LogP contribution in [0.1, 0.15) is 6.92 Å². The van der Waals surface area contributed by atoms with E-state index in [1.807, 2.05) is 0 Å². The van der Waals surface area contributed by atoms with Crippen LogP contribution in [0.3, 0.4) is 0 Å². The second kappa shape index (κ2) is 5.09. The molecule has 0 aliphatic rings. The summed E-state index contributed by atoms with van der Waals surface area (Å²) in [6, 6.07) is 0. The third kappa shape index (κ3) is 6.95. The number of rotatable bonds is 1. The topological polar surface area (TPSA) is 40.1 Å². The average molecular weight is 175 g/mol. The number of carboxylic acid groups (broad SMARTS) is 1. The van der Waals surface area contributed by atoms with Gasteiger partial charge in [-0.1, -0.05) is 15.9 Å². The van der Waals surface area contributed by atoms with Crippen molar-refractivity contribution in [1.82, 2.24) is 0 Å². The molecule has 0 aliphatic heterocycles. The van der Waals surface area contributed by atoms with E-state index in [-0.39, 0.29) is 29.6 Å². The van der Waals surface area contributed by atoms with Crippen molar-refractivity contribution in [3.63, 3.8) is 0 Å². The maximum Gasteiger partial charge on any atom is 1.00 e. The third-order valence-electron chi connectivity index (χ3n) is 0.325. The predicted molar refractivity (Wildman–Crippen MR) is 23.4 cm³/mol. The van der Waals surface area contributed by atoms with Gasteiger partial charge in [0.25, 0.3) is 0 Å². The minimum Gasteiger partial charge on any atom is -0.549 e. The van der Waals surface area contributed by atoms with E-state index >= 15 is 0 Å². The zero-order valence-corrected chi connectivity index (χ0v) is 7.86. The number of halogens is 1. The van der Waals surface area contributed by atoms with E-state index in [1.165, 1.54) is 6.92 Å². The maximum absolute atomic E-state index is 9.54. The molecule has 0 spiro atoms. The Bertz CT molecular complexity index is 64.0. The Labute approximate surface area is 72.7 Å². The third-order valence-corrected chi connectivity index (χ3v) is 0.699. The molecule has 0 N–H and O–H groups in total. The van der Waals surface area contributed by atoms with E-state index in [2.05, 4.69) is 15.9 Å². The summed E-state index contributed by atoms with van der Waals surface area (Å²) in [6.07, 6.45) is 0. The Morgan fingerprint density at radius 2 is 2.00 bits per heavy atom. The monoisotopic (exact) mass is 174 g/mol. The smallest absolute Gasteiger partial charge is 0.549 e. The number of hydrogen-bond donors (Lipinski definition) is 0. The maximum atomic E-state index is 9.54. The molecule has 0 saturated heterocycles. The van der Waals surface area contributed by atoms with Crippen LogP contribution in [-0.4, -0.2) is 10.8 Å². The van der Waals surface area contributed by atoms with Crippen LogP contribution in [0.4, 0.5) is 0 Å². The van der Waals surface area contributed by atoms with Gasteiger partial charge in [0.15, 0.2) is 0 Å². The Hall–Kier alpha value is 0.950. The van der Waals surface area contributed by atoms with Gasteiger partial charge in [0.2, 0.25) is 0 Å². The van der Waals surface area contributed by atoms with Crippen LogP contribution in [0.15, 0.2) is 0 Å². The number of carbonyl (C=O) groups is 1. The molecule has 7 heavy (non-hydrogen) atoms. The molecule has 1 atom stereocenters. The first-order valence-corrected chi connectivity index (χ1v) is 2.41. The quantitative estimate of drug-likeness (QED) is 0.306. The summed E-state index contributed by atoms with van der Waals surface area (Å²) in [5.74, 6) is -1.07. The van der Waals surface area contributed by atoms with Gasteiger partial charge in [-0.3, -0.25) is 0 Å². The number of alkyl halides is 1. The summed E-state index contributed by atoms with van der Waals surface area (Å²) in [5.41, 5.74) is 0.